The van der Waals surface area contributed by atoms with Gasteiger partial charge in [-0.3, -0.25) is 9.59 Å². The second kappa shape index (κ2) is 6.48. The van der Waals surface area contributed by atoms with Crippen LogP contribution in [-0.2, 0) is 4.79 Å². The van der Waals surface area contributed by atoms with Gasteiger partial charge in [-0.05, 0) is 26.0 Å². The summed E-state index contributed by atoms with van der Waals surface area (Å²) in [5.41, 5.74) is -0.0796. The number of pyridine rings is 1. The van der Waals surface area contributed by atoms with Crippen molar-refractivity contribution < 1.29 is 19.5 Å². The van der Waals surface area contributed by atoms with Crippen molar-refractivity contribution in [3.63, 3.8) is 0 Å². The van der Waals surface area contributed by atoms with Gasteiger partial charge in [0, 0.05) is 17.8 Å². The molecule has 0 aromatic carbocycles. The number of carbonyl (C=O) groups is 3. The average Bonchev–Trinajstić information content (AvgIpc) is 2.35. The van der Waals surface area contributed by atoms with Crippen LogP contribution < -0.4 is 10.6 Å². The van der Waals surface area contributed by atoms with Gasteiger partial charge in [0.25, 0.3) is 5.91 Å². The predicted octanol–water partition coefficient (Wildman–Crippen LogP) is 0.0342. The summed E-state index contributed by atoms with van der Waals surface area (Å²) in [5.74, 6) is -2.05. The van der Waals surface area contributed by atoms with Crippen LogP contribution in [0.1, 0.15) is 34.7 Å². The quantitative estimate of drug-likeness (QED) is 0.696. The third-order valence-corrected chi connectivity index (χ3v) is 2.10. The highest BCUT2D eigenvalue weighted by molar-refractivity contribution is 5.98. The number of carbonyl (C=O) groups excluding carboxylic acids is 2. The number of aromatic nitrogens is 1. The number of carboxylic acid groups (broad SMARTS) is 1. The largest absolute Gasteiger partial charge is 0.477 e. The number of amides is 2. The van der Waals surface area contributed by atoms with E-state index in [2.05, 4.69) is 15.6 Å². The Balaban J connectivity index is 2.61. The minimum absolute atomic E-state index is 0.0102. The summed E-state index contributed by atoms with van der Waals surface area (Å²) in [6.45, 7) is 3.45. The standard InChI is InChI=1S/C12H15N3O4/c1-7(2)15-10(16)6-14-11(17)8-3-4-13-9(5-8)12(18)19/h3-5,7H,6H2,1-2H3,(H,14,17)(H,15,16)(H,18,19). The smallest absolute Gasteiger partial charge is 0.354 e. The zero-order valence-electron chi connectivity index (χ0n) is 10.6. The Labute approximate surface area is 110 Å². The molecule has 0 saturated heterocycles. The van der Waals surface area contributed by atoms with Crippen molar-refractivity contribution in [2.45, 2.75) is 19.9 Å². The van der Waals surface area contributed by atoms with Crippen LogP contribution in [0, 0.1) is 0 Å². The van der Waals surface area contributed by atoms with Gasteiger partial charge >= 0.3 is 5.97 Å². The first-order valence-electron chi connectivity index (χ1n) is 5.67. The Bertz CT molecular complexity index is 500. The number of hydrogen-bond acceptors (Lipinski definition) is 4. The lowest BCUT2D eigenvalue weighted by Crippen LogP contribution is -2.39. The third kappa shape index (κ3) is 4.74. The van der Waals surface area contributed by atoms with Gasteiger partial charge in [0.05, 0.1) is 6.54 Å². The zero-order valence-corrected chi connectivity index (χ0v) is 10.6. The maximum Gasteiger partial charge on any atom is 0.354 e. The predicted molar refractivity (Wildman–Crippen MR) is 66.8 cm³/mol. The topological polar surface area (TPSA) is 108 Å². The van der Waals surface area contributed by atoms with Crippen molar-refractivity contribution in [2.24, 2.45) is 0 Å². The Kier molecular flexibility index (Phi) is 4.99. The second-order valence-electron chi connectivity index (χ2n) is 4.14. The summed E-state index contributed by atoms with van der Waals surface area (Å²) in [5, 5.41) is 13.8. The summed E-state index contributed by atoms with van der Waals surface area (Å²) < 4.78 is 0. The van der Waals surface area contributed by atoms with Crippen LogP contribution in [0.15, 0.2) is 18.3 Å². The molecule has 0 saturated carbocycles. The van der Waals surface area contributed by atoms with E-state index in [0.29, 0.717) is 0 Å². The van der Waals surface area contributed by atoms with Gasteiger partial charge in [-0.25, -0.2) is 9.78 Å². The summed E-state index contributed by atoms with van der Waals surface area (Å²) in [4.78, 5) is 37.3. The molecule has 0 radical (unpaired) electrons. The third-order valence-electron chi connectivity index (χ3n) is 2.10. The Hall–Kier alpha value is -2.44. The van der Waals surface area contributed by atoms with Crippen LogP contribution in [0.4, 0.5) is 0 Å². The van der Waals surface area contributed by atoms with Crippen molar-refractivity contribution in [3.05, 3.63) is 29.6 Å². The van der Waals surface area contributed by atoms with E-state index in [1.165, 1.54) is 12.3 Å². The van der Waals surface area contributed by atoms with Crippen molar-refractivity contribution in [1.82, 2.24) is 15.6 Å². The molecule has 0 aliphatic carbocycles. The van der Waals surface area contributed by atoms with Gasteiger partial charge in [-0.15, -0.1) is 0 Å². The monoisotopic (exact) mass is 265 g/mol. The summed E-state index contributed by atoms with van der Waals surface area (Å²) in [7, 11) is 0. The van der Waals surface area contributed by atoms with Crippen molar-refractivity contribution in [1.29, 1.82) is 0 Å². The van der Waals surface area contributed by atoms with Crippen LogP contribution in [0.3, 0.4) is 0 Å². The van der Waals surface area contributed by atoms with Crippen LogP contribution in [0.25, 0.3) is 0 Å². The van der Waals surface area contributed by atoms with Crippen LogP contribution in [0.5, 0.6) is 0 Å². The fourth-order valence-corrected chi connectivity index (χ4v) is 1.32. The molecular weight excluding hydrogens is 250 g/mol. The second-order valence-corrected chi connectivity index (χ2v) is 4.14. The van der Waals surface area contributed by atoms with E-state index in [4.69, 9.17) is 5.11 Å². The first kappa shape index (κ1) is 14.6. The fraction of sp³-hybridized carbons (Fsp3) is 0.333. The summed E-state index contributed by atoms with van der Waals surface area (Å²) in [6, 6.07) is 2.52. The van der Waals surface area contributed by atoms with E-state index >= 15 is 0 Å². The lowest BCUT2D eigenvalue weighted by atomic mass is 10.2. The number of aromatic carboxylic acids is 1. The zero-order chi connectivity index (χ0) is 14.4. The first-order valence-corrected chi connectivity index (χ1v) is 5.67. The van der Waals surface area contributed by atoms with E-state index in [1.807, 2.05) is 13.8 Å². The lowest BCUT2D eigenvalue weighted by molar-refractivity contribution is -0.120. The van der Waals surface area contributed by atoms with E-state index in [9.17, 15) is 14.4 Å². The Morgan fingerprint density at radius 1 is 1.37 bits per heavy atom. The van der Waals surface area contributed by atoms with E-state index in [-0.39, 0.29) is 29.8 Å². The molecule has 0 bridgehead atoms. The van der Waals surface area contributed by atoms with E-state index in [0.717, 1.165) is 6.07 Å². The van der Waals surface area contributed by atoms with Gasteiger partial charge in [0.2, 0.25) is 5.91 Å². The Morgan fingerprint density at radius 2 is 2.05 bits per heavy atom. The molecule has 7 nitrogen and oxygen atoms in total. The highest BCUT2D eigenvalue weighted by Gasteiger charge is 2.11. The van der Waals surface area contributed by atoms with Gasteiger partial charge in [0.15, 0.2) is 0 Å². The molecule has 1 rings (SSSR count). The molecule has 0 aliphatic rings. The number of nitrogens with zero attached hydrogens (tertiary/aromatic N) is 1. The maximum atomic E-state index is 11.7. The molecule has 7 heteroatoms. The molecule has 3 N–H and O–H groups in total. The summed E-state index contributed by atoms with van der Waals surface area (Å²) >= 11 is 0. The highest BCUT2D eigenvalue weighted by Crippen LogP contribution is 2.01. The molecule has 1 aromatic heterocycles. The molecule has 1 aromatic rings. The molecule has 1 heterocycles. The molecule has 0 spiro atoms. The number of nitrogens with one attached hydrogen (secondary N) is 2. The van der Waals surface area contributed by atoms with Gasteiger partial charge < -0.3 is 15.7 Å². The number of rotatable bonds is 5. The van der Waals surface area contributed by atoms with Crippen LogP contribution >= 0.6 is 0 Å². The molecule has 102 valence electrons. The minimum Gasteiger partial charge on any atom is -0.477 e. The van der Waals surface area contributed by atoms with Crippen molar-refractivity contribution >= 4 is 17.8 Å². The molecule has 0 unspecified atom stereocenters. The Morgan fingerprint density at radius 3 is 2.63 bits per heavy atom. The molecule has 2 amide bonds. The van der Waals surface area contributed by atoms with Gasteiger partial charge in [-0.2, -0.15) is 0 Å². The van der Waals surface area contributed by atoms with Gasteiger partial charge in [-0.1, -0.05) is 0 Å². The normalized spacial score (nSPS) is 10.1. The molecule has 0 fully saturated rings. The number of carboxylic acids is 1. The van der Waals surface area contributed by atoms with E-state index in [1.54, 1.807) is 0 Å². The molecular formula is C12H15N3O4. The summed E-state index contributed by atoms with van der Waals surface area (Å²) in [6.07, 6.45) is 1.23. The number of hydrogen-bond donors (Lipinski definition) is 3. The molecule has 0 aliphatic heterocycles. The lowest BCUT2D eigenvalue weighted by Gasteiger charge is -2.09. The van der Waals surface area contributed by atoms with E-state index < -0.39 is 11.9 Å². The average molecular weight is 265 g/mol. The fourth-order valence-electron chi connectivity index (χ4n) is 1.32. The molecule has 0 atom stereocenters. The maximum absolute atomic E-state index is 11.7. The minimum atomic E-state index is -1.22. The first-order chi connectivity index (χ1) is 8.90. The van der Waals surface area contributed by atoms with Crippen LogP contribution in [0.2, 0.25) is 0 Å². The van der Waals surface area contributed by atoms with Gasteiger partial charge in [0.1, 0.15) is 5.69 Å². The van der Waals surface area contributed by atoms with Crippen LogP contribution in [-0.4, -0.2) is 40.5 Å². The SMILES string of the molecule is CC(C)NC(=O)CNC(=O)c1ccnc(C(=O)O)c1. The van der Waals surface area contributed by atoms with Crippen molar-refractivity contribution in [2.75, 3.05) is 6.54 Å². The highest BCUT2D eigenvalue weighted by atomic mass is 16.4. The van der Waals surface area contributed by atoms with Crippen molar-refractivity contribution in [3.8, 4) is 0 Å². The molecule has 19 heavy (non-hydrogen) atoms.